The lowest BCUT2D eigenvalue weighted by atomic mass is 9.69. The maximum Gasteiger partial charge on any atom is 0.221 e. The summed E-state index contributed by atoms with van der Waals surface area (Å²) in [7, 11) is 0. The normalized spacial score (nSPS) is 22.6. The average molecular weight is 300 g/mol. The molecule has 2 saturated carbocycles. The Morgan fingerprint density at radius 2 is 1.68 bits per heavy atom. The summed E-state index contributed by atoms with van der Waals surface area (Å²) in [5, 5.41) is 3.36. The molecule has 0 unspecified atom stereocenters. The van der Waals surface area contributed by atoms with Crippen molar-refractivity contribution in [1.29, 1.82) is 0 Å². The van der Waals surface area contributed by atoms with E-state index in [1.165, 1.54) is 31.2 Å². The molecular weight excluding hydrogens is 272 g/mol. The zero-order valence-electron chi connectivity index (χ0n) is 13.4. The number of nitrogens with one attached hydrogen (secondary N) is 1. The van der Waals surface area contributed by atoms with E-state index in [2.05, 4.69) is 29.6 Å². The molecule has 0 aliphatic heterocycles. The zero-order valence-corrected chi connectivity index (χ0v) is 13.4. The molecule has 120 valence electrons. The van der Waals surface area contributed by atoms with Gasteiger partial charge in [-0.3, -0.25) is 4.79 Å². The van der Waals surface area contributed by atoms with Crippen LogP contribution in [0, 0.1) is 5.41 Å². The van der Waals surface area contributed by atoms with Gasteiger partial charge >= 0.3 is 0 Å². The molecule has 2 aliphatic rings. The van der Waals surface area contributed by atoms with Crippen molar-refractivity contribution < 1.29 is 4.79 Å². The summed E-state index contributed by atoms with van der Waals surface area (Å²) in [4.78, 5) is 12.7. The molecule has 2 aliphatic carbocycles. The standard InChI is InChI=1S/C19H28N2O/c20-15-18(10-5-2-6-11-18)14-17(22)21-19(12-7-13-19)16-8-3-1-4-9-16/h1,3-4,8-9H,2,5-7,10-15,20H2,(H,21,22). The smallest absolute Gasteiger partial charge is 0.221 e. The third-order valence-corrected chi connectivity index (χ3v) is 5.79. The van der Waals surface area contributed by atoms with Crippen molar-refractivity contribution in [2.45, 2.75) is 63.3 Å². The van der Waals surface area contributed by atoms with Gasteiger partial charge in [0, 0.05) is 6.42 Å². The van der Waals surface area contributed by atoms with Gasteiger partial charge in [0.25, 0.3) is 0 Å². The van der Waals surface area contributed by atoms with Crippen LogP contribution in [0.5, 0.6) is 0 Å². The molecule has 3 rings (SSSR count). The maximum atomic E-state index is 12.7. The van der Waals surface area contributed by atoms with Crippen LogP contribution in [0.1, 0.15) is 63.4 Å². The number of hydrogen-bond acceptors (Lipinski definition) is 2. The van der Waals surface area contributed by atoms with Crippen LogP contribution in [-0.4, -0.2) is 12.5 Å². The van der Waals surface area contributed by atoms with Crippen molar-refractivity contribution in [2.75, 3.05) is 6.54 Å². The SMILES string of the molecule is NCC1(CC(=O)NC2(c3ccccc3)CCC2)CCCCC1. The second kappa shape index (κ2) is 6.41. The Balaban J connectivity index is 1.68. The number of carbonyl (C=O) groups is 1. The minimum Gasteiger partial charge on any atom is -0.347 e. The fourth-order valence-corrected chi connectivity index (χ4v) is 4.18. The minimum absolute atomic E-state index is 0.0456. The topological polar surface area (TPSA) is 55.1 Å². The molecule has 0 saturated heterocycles. The first-order valence-electron chi connectivity index (χ1n) is 8.75. The van der Waals surface area contributed by atoms with E-state index in [0.717, 1.165) is 25.7 Å². The van der Waals surface area contributed by atoms with Gasteiger partial charge in [0.05, 0.1) is 5.54 Å². The molecular formula is C19H28N2O. The van der Waals surface area contributed by atoms with E-state index in [9.17, 15) is 4.79 Å². The lowest BCUT2D eigenvalue weighted by Crippen LogP contribution is -2.52. The fourth-order valence-electron chi connectivity index (χ4n) is 4.18. The second-order valence-electron chi connectivity index (χ2n) is 7.29. The molecule has 3 N–H and O–H groups in total. The summed E-state index contributed by atoms with van der Waals surface area (Å²) in [5.74, 6) is 0.191. The van der Waals surface area contributed by atoms with Gasteiger partial charge in [-0.1, -0.05) is 49.6 Å². The third kappa shape index (κ3) is 3.05. The summed E-state index contributed by atoms with van der Waals surface area (Å²) >= 11 is 0. The van der Waals surface area contributed by atoms with Crippen molar-refractivity contribution in [1.82, 2.24) is 5.32 Å². The predicted octanol–water partition coefficient (Wildman–Crippen LogP) is 3.48. The second-order valence-corrected chi connectivity index (χ2v) is 7.29. The van der Waals surface area contributed by atoms with Gasteiger partial charge in [-0.15, -0.1) is 0 Å². The first kappa shape index (κ1) is 15.5. The third-order valence-electron chi connectivity index (χ3n) is 5.79. The van der Waals surface area contributed by atoms with Crippen molar-refractivity contribution in [3.63, 3.8) is 0 Å². The molecule has 1 amide bonds. The minimum atomic E-state index is -0.122. The summed E-state index contributed by atoms with van der Waals surface area (Å²) in [6.45, 7) is 0.638. The Kier molecular flexibility index (Phi) is 4.53. The van der Waals surface area contributed by atoms with Crippen molar-refractivity contribution in [2.24, 2.45) is 11.1 Å². The molecule has 0 spiro atoms. The monoisotopic (exact) mass is 300 g/mol. The lowest BCUT2D eigenvalue weighted by molar-refractivity contribution is -0.127. The number of rotatable bonds is 5. The quantitative estimate of drug-likeness (QED) is 0.874. The summed E-state index contributed by atoms with van der Waals surface area (Å²) in [6, 6.07) is 10.4. The van der Waals surface area contributed by atoms with Crippen LogP contribution in [-0.2, 0) is 10.3 Å². The van der Waals surface area contributed by atoms with Gasteiger partial charge in [-0.25, -0.2) is 0 Å². The average Bonchev–Trinajstić information content (AvgIpc) is 2.52. The van der Waals surface area contributed by atoms with Gasteiger partial charge in [0.15, 0.2) is 0 Å². The highest BCUT2D eigenvalue weighted by Crippen LogP contribution is 2.43. The van der Waals surface area contributed by atoms with Gasteiger partial charge in [0.2, 0.25) is 5.91 Å². The number of benzene rings is 1. The number of nitrogens with two attached hydrogens (primary N) is 1. The molecule has 1 aromatic rings. The molecule has 0 radical (unpaired) electrons. The molecule has 3 heteroatoms. The van der Waals surface area contributed by atoms with Crippen LogP contribution in [0.25, 0.3) is 0 Å². The number of hydrogen-bond donors (Lipinski definition) is 2. The molecule has 0 heterocycles. The zero-order chi connectivity index (χ0) is 15.5. The highest BCUT2D eigenvalue weighted by Gasteiger charge is 2.41. The van der Waals surface area contributed by atoms with E-state index in [0.29, 0.717) is 13.0 Å². The Morgan fingerprint density at radius 3 is 2.23 bits per heavy atom. The van der Waals surface area contributed by atoms with Gasteiger partial charge < -0.3 is 11.1 Å². The van der Waals surface area contributed by atoms with Crippen molar-refractivity contribution in [3.8, 4) is 0 Å². The van der Waals surface area contributed by atoms with Crippen LogP contribution in [0.4, 0.5) is 0 Å². The molecule has 0 atom stereocenters. The highest BCUT2D eigenvalue weighted by atomic mass is 16.1. The largest absolute Gasteiger partial charge is 0.347 e. The Bertz CT molecular complexity index is 501. The summed E-state index contributed by atoms with van der Waals surface area (Å²) in [5.41, 5.74) is 7.20. The Morgan fingerprint density at radius 1 is 1.00 bits per heavy atom. The van der Waals surface area contributed by atoms with Crippen LogP contribution in [0.3, 0.4) is 0 Å². The molecule has 0 aromatic heterocycles. The van der Waals surface area contributed by atoms with E-state index in [-0.39, 0.29) is 16.9 Å². The summed E-state index contributed by atoms with van der Waals surface area (Å²) in [6.07, 6.45) is 9.83. The first-order chi connectivity index (χ1) is 10.7. The summed E-state index contributed by atoms with van der Waals surface area (Å²) < 4.78 is 0. The highest BCUT2D eigenvalue weighted by molar-refractivity contribution is 5.78. The Labute approximate surface area is 133 Å². The molecule has 1 aromatic carbocycles. The van der Waals surface area contributed by atoms with E-state index in [1.807, 2.05) is 6.07 Å². The van der Waals surface area contributed by atoms with E-state index in [1.54, 1.807) is 0 Å². The van der Waals surface area contributed by atoms with Crippen LogP contribution < -0.4 is 11.1 Å². The van der Waals surface area contributed by atoms with Crippen LogP contribution >= 0.6 is 0 Å². The maximum absolute atomic E-state index is 12.7. The first-order valence-corrected chi connectivity index (χ1v) is 8.75. The lowest BCUT2D eigenvalue weighted by Gasteiger charge is -2.44. The molecule has 0 bridgehead atoms. The molecule has 3 nitrogen and oxygen atoms in total. The van der Waals surface area contributed by atoms with Crippen molar-refractivity contribution in [3.05, 3.63) is 35.9 Å². The number of amides is 1. The van der Waals surface area contributed by atoms with E-state index < -0.39 is 0 Å². The predicted molar refractivity (Wildman–Crippen MR) is 89.3 cm³/mol. The van der Waals surface area contributed by atoms with E-state index in [4.69, 9.17) is 5.73 Å². The van der Waals surface area contributed by atoms with Crippen LogP contribution in [0.2, 0.25) is 0 Å². The van der Waals surface area contributed by atoms with Gasteiger partial charge in [-0.05, 0) is 49.6 Å². The fraction of sp³-hybridized carbons (Fsp3) is 0.632. The molecule has 22 heavy (non-hydrogen) atoms. The van der Waals surface area contributed by atoms with Crippen LogP contribution in [0.15, 0.2) is 30.3 Å². The van der Waals surface area contributed by atoms with Crippen molar-refractivity contribution >= 4 is 5.91 Å². The Hall–Kier alpha value is -1.35. The van der Waals surface area contributed by atoms with Gasteiger partial charge in [0.1, 0.15) is 0 Å². The number of carbonyl (C=O) groups excluding carboxylic acids is 1. The van der Waals surface area contributed by atoms with E-state index >= 15 is 0 Å². The molecule has 2 fully saturated rings. The van der Waals surface area contributed by atoms with Gasteiger partial charge in [-0.2, -0.15) is 0 Å².